The normalized spacial score (nSPS) is 20.9. The summed E-state index contributed by atoms with van der Waals surface area (Å²) in [6.45, 7) is 1.55. The van der Waals surface area contributed by atoms with Crippen molar-refractivity contribution in [1.29, 1.82) is 5.26 Å². The Bertz CT molecular complexity index is 789. The predicted octanol–water partition coefficient (Wildman–Crippen LogP) is -0.278. The van der Waals surface area contributed by atoms with Gasteiger partial charge in [-0.3, -0.25) is 14.4 Å². The molecule has 2 rings (SSSR count). The number of hydrogen-bond donors (Lipinski definition) is 4. The molecule has 9 nitrogen and oxygen atoms in total. The summed E-state index contributed by atoms with van der Waals surface area (Å²) in [6.07, 6.45) is -0.120. The van der Waals surface area contributed by atoms with Gasteiger partial charge >= 0.3 is 5.97 Å². The van der Waals surface area contributed by atoms with Gasteiger partial charge in [0, 0.05) is 12.3 Å². The highest BCUT2D eigenvalue weighted by atomic mass is 16.4. The zero-order chi connectivity index (χ0) is 20.7. The van der Waals surface area contributed by atoms with E-state index < -0.39 is 47.7 Å². The molecule has 3 amide bonds. The number of carboxylic acid groups (broad SMARTS) is 1. The molecular formula is C19H22N4O5. The molecular weight excluding hydrogens is 364 g/mol. The van der Waals surface area contributed by atoms with Crippen LogP contribution >= 0.6 is 0 Å². The molecule has 1 aromatic carbocycles. The molecule has 9 heteroatoms. The number of carbonyl (C=O) groups is 4. The predicted molar refractivity (Wildman–Crippen MR) is 97.6 cm³/mol. The van der Waals surface area contributed by atoms with Crippen molar-refractivity contribution in [2.75, 3.05) is 0 Å². The number of nitriles is 1. The molecule has 0 saturated carbocycles. The van der Waals surface area contributed by atoms with E-state index in [0.29, 0.717) is 6.42 Å². The molecule has 1 heterocycles. The maximum Gasteiger partial charge on any atom is 0.326 e. The summed E-state index contributed by atoms with van der Waals surface area (Å²) in [5.74, 6) is -3.44. The van der Waals surface area contributed by atoms with Gasteiger partial charge in [0.1, 0.15) is 18.1 Å². The summed E-state index contributed by atoms with van der Waals surface area (Å²) in [6, 6.07) is 8.04. The molecule has 0 aromatic heterocycles. The van der Waals surface area contributed by atoms with Crippen LogP contribution in [0.3, 0.4) is 0 Å². The van der Waals surface area contributed by atoms with Crippen molar-refractivity contribution in [3.8, 4) is 6.07 Å². The van der Waals surface area contributed by atoms with Crippen LogP contribution in [0.5, 0.6) is 0 Å². The van der Waals surface area contributed by atoms with E-state index in [0.717, 1.165) is 5.56 Å². The van der Waals surface area contributed by atoms with Gasteiger partial charge in [0.15, 0.2) is 0 Å². The summed E-state index contributed by atoms with van der Waals surface area (Å²) < 4.78 is 0. The van der Waals surface area contributed by atoms with E-state index in [1.807, 2.05) is 36.4 Å². The zero-order valence-electron chi connectivity index (χ0n) is 15.3. The number of nitrogens with zero attached hydrogens (tertiary/aromatic N) is 1. The highest BCUT2D eigenvalue weighted by Crippen LogP contribution is 2.10. The average Bonchev–Trinajstić information content (AvgIpc) is 2.65. The molecule has 1 aliphatic heterocycles. The Kier molecular flexibility index (Phi) is 7.09. The topological polar surface area (TPSA) is 148 Å². The van der Waals surface area contributed by atoms with E-state index in [1.165, 1.54) is 0 Å². The van der Waals surface area contributed by atoms with Crippen molar-refractivity contribution in [1.82, 2.24) is 16.0 Å². The van der Waals surface area contributed by atoms with Gasteiger partial charge in [-0.15, -0.1) is 0 Å². The summed E-state index contributed by atoms with van der Waals surface area (Å²) in [5.41, 5.74) is 0.884. The smallest absolute Gasteiger partial charge is 0.326 e. The Balaban J connectivity index is 1.91. The number of amides is 3. The van der Waals surface area contributed by atoms with Gasteiger partial charge in [-0.2, -0.15) is 5.26 Å². The molecule has 0 bridgehead atoms. The Morgan fingerprint density at radius 3 is 2.39 bits per heavy atom. The van der Waals surface area contributed by atoms with Gasteiger partial charge in [0.05, 0.1) is 12.5 Å². The average molecular weight is 386 g/mol. The van der Waals surface area contributed by atoms with Crippen LogP contribution in [-0.4, -0.2) is 46.9 Å². The third-order valence-corrected chi connectivity index (χ3v) is 4.38. The number of benzene rings is 1. The van der Waals surface area contributed by atoms with Crippen LogP contribution in [0.4, 0.5) is 0 Å². The second kappa shape index (κ2) is 9.50. The van der Waals surface area contributed by atoms with Gasteiger partial charge < -0.3 is 21.1 Å². The molecule has 1 saturated heterocycles. The number of piperazine rings is 1. The highest BCUT2D eigenvalue weighted by Gasteiger charge is 2.35. The van der Waals surface area contributed by atoms with Gasteiger partial charge in [-0.1, -0.05) is 30.3 Å². The standard InChI is InChI=1S/C19H22N4O5/c1-11(10-20)7-15(19(27)28)21-16(24)9-14-18(26)22-13(17(25)23-14)8-12-5-3-2-4-6-12/h2-6,11,13-15H,7-9H2,1H3,(H,21,24)(H,22,26)(H,23,25)(H,27,28)/t11-,13+,14+,15-/m1/s1. The van der Waals surface area contributed by atoms with Crippen molar-refractivity contribution in [2.24, 2.45) is 5.92 Å². The lowest BCUT2D eigenvalue weighted by Crippen LogP contribution is -2.63. The van der Waals surface area contributed by atoms with E-state index in [1.54, 1.807) is 6.92 Å². The van der Waals surface area contributed by atoms with E-state index in [4.69, 9.17) is 10.4 Å². The van der Waals surface area contributed by atoms with Crippen LogP contribution in [0, 0.1) is 17.2 Å². The lowest BCUT2D eigenvalue weighted by Gasteiger charge is -2.29. The maximum atomic E-state index is 12.3. The first kappa shape index (κ1) is 20.9. The van der Waals surface area contributed by atoms with E-state index in [-0.39, 0.29) is 12.8 Å². The Hall–Kier alpha value is -3.41. The van der Waals surface area contributed by atoms with Crippen LogP contribution in [0.1, 0.15) is 25.3 Å². The monoisotopic (exact) mass is 386 g/mol. The van der Waals surface area contributed by atoms with Crippen molar-refractivity contribution in [3.05, 3.63) is 35.9 Å². The van der Waals surface area contributed by atoms with Gasteiger partial charge in [0.25, 0.3) is 0 Å². The lowest BCUT2D eigenvalue weighted by atomic mass is 10.00. The van der Waals surface area contributed by atoms with Crippen molar-refractivity contribution in [3.63, 3.8) is 0 Å². The Labute approximate surface area is 162 Å². The van der Waals surface area contributed by atoms with E-state index in [9.17, 15) is 19.2 Å². The summed E-state index contributed by atoms with van der Waals surface area (Å²) in [7, 11) is 0. The molecule has 1 aliphatic rings. The second-order valence-corrected chi connectivity index (χ2v) is 6.74. The zero-order valence-corrected chi connectivity index (χ0v) is 15.3. The minimum atomic E-state index is -1.27. The lowest BCUT2D eigenvalue weighted by molar-refractivity contribution is -0.143. The first-order valence-corrected chi connectivity index (χ1v) is 8.86. The molecule has 1 fully saturated rings. The van der Waals surface area contributed by atoms with E-state index in [2.05, 4.69) is 16.0 Å². The van der Waals surface area contributed by atoms with E-state index >= 15 is 0 Å². The number of hydrogen-bond acceptors (Lipinski definition) is 5. The minimum absolute atomic E-state index is 0.0556. The molecule has 0 spiro atoms. The van der Waals surface area contributed by atoms with Crippen molar-refractivity contribution < 1.29 is 24.3 Å². The molecule has 0 aliphatic carbocycles. The second-order valence-electron chi connectivity index (χ2n) is 6.74. The summed E-state index contributed by atoms with van der Waals surface area (Å²) >= 11 is 0. The van der Waals surface area contributed by atoms with Crippen LogP contribution in [-0.2, 0) is 25.6 Å². The third-order valence-electron chi connectivity index (χ3n) is 4.38. The molecule has 1 aromatic rings. The summed E-state index contributed by atoms with van der Waals surface area (Å²) in [5, 5.41) is 25.4. The molecule has 0 radical (unpaired) electrons. The fourth-order valence-corrected chi connectivity index (χ4v) is 2.88. The molecule has 4 N–H and O–H groups in total. The number of rotatable bonds is 8. The first-order valence-electron chi connectivity index (χ1n) is 8.86. The fourth-order valence-electron chi connectivity index (χ4n) is 2.88. The van der Waals surface area contributed by atoms with Crippen molar-refractivity contribution >= 4 is 23.7 Å². The minimum Gasteiger partial charge on any atom is -0.480 e. The van der Waals surface area contributed by atoms with Crippen LogP contribution in [0.2, 0.25) is 0 Å². The molecule has 4 atom stereocenters. The van der Waals surface area contributed by atoms with Crippen molar-refractivity contribution in [2.45, 2.75) is 44.3 Å². The highest BCUT2D eigenvalue weighted by molar-refractivity contribution is 5.99. The van der Waals surface area contributed by atoms with Gasteiger partial charge in [0.2, 0.25) is 17.7 Å². The molecule has 0 unspecified atom stereocenters. The largest absolute Gasteiger partial charge is 0.480 e. The van der Waals surface area contributed by atoms with Gasteiger partial charge in [-0.05, 0) is 18.9 Å². The number of nitrogens with one attached hydrogen (secondary N) is 3. The third kappa shape index (κ3) is 5.81. The SMILES string of the molecule is C[C@@H](C#N)C[C@@H](NC(=O)C[C@@H]1NC(=O)[C@H](Cc2ccccc2)NC1=O)C(=O)O. The van der Waals surface area contributed by atoms with Gasteiger partial charge in [-0.25, -0.2) is 4.79 Å². The maximum absolute atomic E-state index is 12.3. The first-order chi connectivity index (χ1) is 13.3. The van der Waals surface area contributed by atoms with Crippen LogP contribution in [0.15, 0.2) is 30.3 Å². The van der Waals surface area contributed by atoms with Crippen LogP contribution in [0.25, 0.3) is 0 Å². The quantitative estimate of drug-likeness (QED) is 0.483. The number of carbonyl (C=O) groups excluding carboxylic acids is 3. The molecule has 148 valence electrons. The Morgan fingerprint density at radius 2 is 1.79 bits per heavy atom. The number of aliphatic carboxylic acids is 1. The summed E-state index contributed by atoms with van der Waals surface area (Å²) in [4.78, 5) is 47.9. The number of carboxylic acids is 1. The Morgan fingerprint density at radius 1 is 1.18 bits per heavy atom. The molecule has 28 heavy (non-hydrogen) atoms. The van der Waals surface area contributed by atoms with Crippen LogP contribution < -0.4 is 16.0 Å². The fraction of sp³-hybridized carbons (Fsp3) is 0.421.